The van der Waals surface area contributed by atoms with E-state index < -0.39 is 12.8 Å². The number of carbonyl (C=O) groups excluding carboxylic acids is 1. The van der Waals surface area contributed by atoms with Gasteiger partial charge in [-0.1, -0.05) is 11.6 Å². The van der Waals surface area contributed by atoms with Crippen LogP contribution in [0.15, 0.2) is 12.3 Å². The molecule has 0 unspecified atom stereocenters. The van der Waals surface area contributed by atoms with Gasteiger partial charge in [-0.25, -0.2) is 4.98 Å². The largest absolute Gasteiger partial charge is 0.467 e. The van der Waals surface area contributed by atoms with E-state index >= 15 is 0 Å². The molecule has 9 heteroatoms. The van der Waals surface area contributed by atoms with Crippen LogP contribution in [0.1, 0.15) is 10.4 Å². The summed E-state index contributed by atoms with van der Waals surface area (Å²) in [5, 5.41) is -0.121. The topological polar surface area (TPSA) is 45.7 Å². The molecule has 2 rings (SSSR count). The number of alkyl halides is 3. The Labute approximate surface area is 130 Å². The van der Waals surface area contributed by atoms with Crippen LogP contribution in [0.5, 0.6) is 5.88 Å². The van der Waals surface area contributed by atoms with Crippen molar-refractivity contribution >= 4 is 17.5 Å². The molecule has 122 valence electrons. The molecule has 2 heterocycles. The van der Waals surface area contributed by atoms with Crippen molar-refractivity contribution in [3.8, 4) is 5.88 Å². The standard InChI is InChI=1S/C13H15ClF3N3O2/c1-19-2-4-20(5-3-19)12(21)9-6-10(14)11(18-7-9)22-8-13(15,16)17/h6-7H,2-5,8H2,1H3. The molecule has 0 saturated carbocycles. The van der Waals surface area contributed by atoms with Crippen molar-refractivity contribution in [1.29, 1.82) is 0 Å². The summed E-state index contributed by atoms with van der Waals surface area (Å²) >= 11 is 5.83. The van der Waals surface area contributed by atoms with E-state index in [4.69, 9.17) is 11.6 Å². The van der Waals surface area contributed by atoms with Crippen LogP contribution in [-0.4, -0.2) is 66.7 Å². The van der Waals surface area contributed by atoms with Gasteiger partial charge in [0, 0.05) is 32.4 Å². The highest BCUT2D eigenvalue weighted by molar-refractivity contribution is 6.32. The van der Waals surface area contributed by atoms with Gasteiger partial charge >= 0.3 is 6.18 Å². The average Bonchev–Trinajstić information content (AvgIpc) is 2.45. The fraction of sp³-hybridized carbons (Fsp3) is 0.538. The number of piperazine rings is 1. The second-order valence-corrected chi connectivity index (χ2v) is 5.42. The molecule has 0 atom stereocenters. The predicted molar refractivity (Wildman–Crippen MR) is 74.2 cm³/mol. The zero-order valence-electron chi connectivity index (χ0n) is 11.9. The van der Waals surface area contributed by atoms with Crippen LogP contribution in [0.4, 0.5) is 13.2 Å². The van der Waals surface area contributed by atoms with E-state index in [9.17, 15) is 18.0 Å². The van der Waals surface area contributed by atoms with E-state index in [1.54, 1.807) is 4.90 Å². The number of amides is 1. The Hall–Kier alpha value is -1.54. The monoisotopic (exact) mass is 337 g/mol. The third-order valence-electron chi connectivity index (χ3n) is 3.22. The van der Waals surface area contributed by atoms with E-state index in [1.165, 1.54) is 12.3 Å². The molecule has 1 aliphatic rings. The number of nitrogens with zero attached hydrogens (tertiary/aromatic N) is 3. The molecule has 0 bridgehead atoms. The highest BCUT2D eigenvalue weighted by atomic mass is 35.5. The maximum Gasteiger partial charge on any atom is 0.422 e. The highest BCUT2D eigenvalue weighted by Crippen LogP contribution is 2.25. The predicted octanol–water partition coefficient (Wildman–Crippen LogP) is 2.06. The molecule has 1 fully saturated rings. The molecule has 0 spiro atoms. The molecule has 0 aromatic carbocycles. The lowest BCUT2D eigenvalue weighted by molar-refractivity contribution is -0.154. The number of carbonyl (C=O) groups is 1. The molecule has 0 N–H and O–H groups in total. The minimum absolute atomic E-state index is 0.121. The Morgan fingerprint density at radius 3 is 2.55 bits per heavy atom. The van der Waals surface area contributed by atoms with Crippen LogP contribution in [0.2, 0.25) is 5.02 Å². The second kappa shape index (κ2) is 6.70. The zero-order valence-corrected chi connectivity index (χ0v) is 12.6. The Kier molecular flexibility index (Phi) is 5.12. The molecule has 0 radical (unpaired) electrons. The molecule has 0 aliphatic carbocycles. The zero-order chi connectivity index (χ0) is 16.3. The summed E-state index contributed by atoms with van der Waals surface area (Å²) in [5.74, 6) is -0.584. The van der Waals surface area contributed by atoms with Gasteiger partial charge in [-0.3, -0.25) is 4.79 Å². The van der Waals surface area contributed by atoms with Crippen LogP contribution in [0, 0.1) is 0 Å². The van der Waals surface area contributed by atoms with Crippen molar-refractivity contribution in [3.63, 3.8) is 0 Å². The third-order valence-corrected chi connectivity index (χ3v) is 3.49. The lowest BCUT2D eigenvalue weighted by Crippen LogP contribution is -2.47. The van der Waals surface area contributed by atoms with Gasteiger partial charge in [0.15, 0.2) is 6.61 Å². The van der Waals surface area contributed by atoms with Gasteiger partial charge in [0.05, 0.1) is 5.56 Å². The first kappa shape index (κ1) is 16.8. The smallest absolute Gasteiger partial charge is 0.422 e. The van der Waals surface area contributed by atoms with Crippen LogP contribution in [-0.2, 0) is 0 Å². The van der Waals surface area contributed by atoms with Crippen molar-refractivity contribution in [1.82, 2.24) is 14.8 Å². The Balaban J connectivity index is 2.03. The van der Waals surface area contributed by atoms with Gasteiger partial charge in [-0.15, -0.1) is 0 Å². The first-order valence-electron chi connectivity index (χ1n) is 6.59. The Bertz CT molecular complexity index is 546. The van der Waals surface area contributed by atoms with Crippen LogP contribution in [0.3, 0.4) is 0 Å². The minimum atomic E-state index is -4.47. The summed E-state index contributed by atoms with van der Waals surface area (Å²) in [4.78, 5) is 19.7. The van der Waals surface area contributed by atoms with Gasteiger partial charge in [-0.2, -0.15) is 13.2 Å². The number of ether oxygens (including phenoxy) is 1. The lowest BCUT2D eigenvalue weighted by Gasteiger charge is -2.32. The first-order valence-corrected chi connectivity index (χ1v) is 6.97. The molecule has 1 amide bonds. The summed E-state index contributed by atoms with van der Waals surface area (Å²) in [6.07, 6.45) is -3.29. The lowest BCUT2D eigenvalue weighted by atomic mass is 10.2. The van der Waals surface area contributed by atoms with Crippen molar-refractivity contribution in [2.45, 2.75) is 6.18 Å². The van der Waals surface area contributed by atoms with E-state index in [0.717, 1.165) is 13.1 Å². The Morgan fingerprint density at radius 2 is 2.00 bits per heavy atom. The number of hydrogen-bond donors (Lipinski definition) is 0. The van der Waals surface area contributed by atoms with Crippen molar-refractivity contribution in [3.05, 3.63) is 22.8 Å². The van der Waals surface area contributed by atoms with Crippen LogP contribution >= 0.6 is 11.6 Å². The fourth-order valence-electron chi connectivity index (χ4n) is 1.99. The average molecular weight is 338 g/mol. The molecular formula is C13H15ClF3N3O2. The molecule has 5 nitrogen and oxygen atoms in total. The summed E-state index contributed by atoms with van der Waals surface area (Å²) < 4.78 is 40.8. The summed E-state index contributed by atoms with van der Waals surface area (Å²) in [7, 11) is 1.97. The fourth-order valence-corrected chi connectivity index (χ4v) is 2.21. The maximum atomic E-state index is 12.3. The minimum Gasteiger partial charge on any atom is -0.467 e. The van der Waals surface area contributed by atoms with Gasteiger partial charge in [0.2, 0.25) is 5.88 Å². The number of hydrogen-bond acceptors (Lipinski definition) is 4. The SMILES string of the molecule is CN1CCN(C(=O)c2cnc(OCC(F)(F)F)c(Cl)c2)CC1. The number of pyridine rings is 1. The number of rotatable bonds is 3. The molecule has 1 aliphatic heterocycles. The quantitative estimate of drug-likeness (QED) is 0.847. The number of likely N-dealkylation sites (N-methyl/N-ethyl adjacent to an activating group) is 1. The third kappa shape index (κ3) is 4.48. The van der Waals surface area contributed by atoms with E-state index in [1.807, 2.05) is 7.05 Å². The highest BCUT2D eigenvalue weighted by Gasteiger charge is 2.29. The Morgan fingerprint density at radius 1 is 1.36 bits per heavy atom. The second-order valence-electron chi connectivity index (χ2n) is 5.01. The van der Waals surface area contributed by atoms with E-state index in [0.29, 0.717) is 13.1 Å². The summed E-state index contributed by atoms with van der Waals surface area (Å²) in [5.41, 5.74) is 0.230. The number of halogens is 4. The van der Waals surface area contributed by atoms with Crippen molar-refractivity contribution in [2.24, 2.45) is 0 Å². The van der Waals surface area contributed by atoms with Gasteiger partial charge in [-0.05, 0) is 13.1 Å². The van der Waals surface area contributed by atoms with Crippen LogP contribution < -0.4 is 4.74 Å². The van der Waals surface area contributed by atoms with E-state index in [-0.39, 0.29) is 22.4 Å². The van der Waals surface area contributed by atoms with E-state index in [2.05, 4.69) is 14.6 Å². The maximum absolute atomic E-state index is 12.3. The van der Waals surface area contributed by atoms with Gasteiger partial charge < -0.3 is 14.5 Å². The van der Waals surface area contributed by atoms with Crippen LogP contribution in [0.25, 0.3) is 0 Å². The molecule has 22 heavy (non-hydrogen) atoms. The van der Waals surface area contributed by atoms with Crippen molar-refractivity contribution < 1.29 is 22.7 Å². The van der Waals surface area contributed by atoms with Gasteiger partial charge in [0.1, 0.15) is 5.02 Å². The summed E-state index contributed by atoms with van der Waals surface area (Å²) in [6.45, 7) is 1.21. The summed E-state index contributed by atoms with van der Waals surface area (Å²) in [6, 6.07) is 1.28. The molecule has 1 aromatic rings. The van der Waals surface area contributed by atoms with Gasteiger partial charge in [0.25, 0.3) is 5.91 Å². The van der Waals surface area contributed by atoms with Crippen molar-refractivity contribution in [2.75, 3.05) is 39.8 Å². The molecule has 1 saturated heterocycles. The normalized spacial score (nSPS) is 16.7. The first-order chi connectivity index (χ1) is 10.3. The molecular weight excluding hydrogens is 323 g/mol. The molecule has 1 aromatic heterocycles. The number of aromatic nitrogens is 1.